The second-order valence-corrected chi connectivity index (χ2v) is 24.5. The minimum Gasteiger partial charge on any atom is -0.790 e. The largest absolute Gasteiger partial charge is 0.790 e. The Balaban J connectivity index is 1.11. The van der Waals surface area contributed by atoms with Gasteiger partial charge in [0.2, 0.25) is 11.8 Å². The second kappa shape index (κ2) is 27.5. The first-order chi connectivity index (χ1) is 34.8. The van der Waals surface area contributed by atoms with Gasteiger partial charge in [-0.1, -0.05) is 84.1 Å². The summed E-state index contributed by atoms with van der Waals surface area (Å²) in [5, 5.41) is 35.9. The number of nitrogen functional groups attached to an aromatic ring is 1. The molecule has 26 nitrogen and oxygen atoms in total. The summed E-state index contributed by atoms with van der Waals surface area (Å²) in [6.07, 6.45) is 2.35. The van der Waals surface area contributed by atoms with Crippen molar-refractivity contribution in [2.75, 3.05) is 32.0 Å². The molecule has 1 aliphatic heterocycles. The molecule has 0 bridgehead atoms. The summed E-state index contributed by atoms with van der Waals surface area (Å²) in [6.45, 7) is 7.19. The monoisotopic (exact) mass is 1120 g/mol. The number of ketones is 1. The van der Waals surface area contributed by atoms with E-state index in [1.807, 2.05) is 26.0 Å². The standard InChI is InChI=1S/C46H74N7O19P3/c1-44(2,22-14-8-7-10-16-30-18-12-13-19-31(30)17-11-9-15-23-45(3,4)43(59)60)33(54)20-24-48-34(55)21-25-49-41(58)38(57)46(5,6)27-69-75(66,67)72-74(64,65)68-26-32-37(71-73(61,62)63)36(56)42(70-32)53-29-52-35-39(47)50-28-51-40(35)53/h12-13,18-19,28-29,32,36-38,42,56-57H,7-11,14-17,20-27H2,1-6H3,(H,48,55)(H,49,58)(H,59,60)(H,64,65)(H,66,67)(H2,47,50,51)(H2,61,62,63)/p-4. The van der Waals surface area contributed by atoms with E-state index in [4.69, 9.17) is 10.5 Å². The highest BCUT2D eigenvalue weighted by Crippen LogP contribution is 2.56. The Kier molecular flexibility index (Phi) is 23.2. The number of aromatic nitrogens is 4. The second-order valence-electron chi connectivity index (χ2n) is 20.5. The van der Waals surface area contributed by atoms with E-state index in [-0.39, 0.29) is 48.7 Å². The summed E-state index contributed by atoms with van der Waals surface area (Å²) in [5.74, 6) is -2.39. The highest BCUT2D eigenvalue weighted by Gasteiger charge is 2.47. The molecule has 2 aromatic heterocycles. The Labute approximate surface area is 435 Å². The van der Waals surface area contributed by atoms with Crippen LogP contribution in [0.1, 0.15) is 130 Å². The molecule has 1 aromatic carbocycles. The van der Waals surface area contributed by atoms with Crippen molar-refractivity contribution in [3.8, 4) is 0 Å². The lowest BCUT2D eigenvalue weighted by atomic mass is 9.81. The zero-order chi connectivity index (χ0) is 56.0. The van der Waals surface area contributed by atoms with Gasteiger partial charge < -0.3 is 74.1 Å². The van der Waals surface area contributed by atoms with Gasteiger partial charge in [-0.3, -0.25) is 32.9 Å². The van der Waals surface area contributed by atoms with Crippen molar-refractivity contribution in [3.05, 3.63) is 48.0 Å². The Morgan fingerprint density at radius 1 is 0.813 bits per heavy atom. The van der Waals surface area contributed by atoms with Crippen LogP contribution in [-0.4, -0.2) is 109 Å². The summed E-state index contributed by atoms with van der Waals surface area (Å²) < 4.78 is 61.0. The lowest BCUT2D eigenvalue weighted by molar-refractivity contribution is -0.347. The number of nitrogens with zero attached hydrogens (tertiary/aromatic N) is 4. The quantitative estimate of drug-likeness (QED) is 0.0369. The smallest absolute Gasteiger partial charge is 0.309 e. The maximum Gasteiger partial charge on any atom is 0.309 e. The van der Waals surface area contributed by atoms with E-state index in [2.05, 4.69) is 55.6 Å². The summed E-state index contributed by atoms with van der Waals surface area (Å²) in [7, 11) is -17.7. The predicted octanol–water partition coefficient (Wildman–Crippen LogP) is 2.27. The number of unbranched alkanes of at least 4 members (excludes halogenated alkanes) is 5. The number of carbonyl (C=O) groups is 4. The number of phosphoric acid groups is 3. The normalized spacial score (nSPS) is 19.6. The Hall–Kier alpha value is -4.10. The number of aliphatic hydroxyl groups is 2. The first-order valence-corrected chi connectivity index (χ1v) is 28.9. The maximum absolute atomic E-state index is 13.1. The van der Waals surface area contributed by atoms with E-state index in [0.29, 0.717) is 12.8 Å². The third-order valence-electron chi connectivity index (χ3n) is 12.9. The van der Waals surface area contributed by atoms with E-state index in [9.17, 15) is 67.8 Å². The minimum atomic E-state index is -5.94. The Morgan fingerprint density at radius 3 is 2.00 bits per heavy atom. The van der Waals surface area contributed by atoms with Crippen LogP contribution >= 0.6 is 23.5 Å². The van der Waals surface area contributed by atoms with Gasteiger partial charge in [-0.25, -0.2) is 19.3 Å². The molecule has 0 spiro atoms. The number of hydrogen-bond acceptors (Lipinski definition) is 22. The SMILES string of the molecule is CC(C)(CCCCCc1ccccc1CCCCCCC(C)(C)C(=O)CCNC(=O)CCNC(=O)C(O)C(C)(C)COP(=O)([O-])OP(=O)([O-])OCC1OC(n2cnc3c(N)ncnc32)C(O)C1OP(=O)([O-])[O-])C(=O)O. The average molecular weight is 1120 g/mol. The number of imidazole rings is 1. The first-order valence-electron chi connectivity index (χ1n) is 24.5. The third-order valence-corrected chi connectivity index (χ3v) is 15.9. The molecule has 1 saturated heterocycles. The van der Waals surface area contributed by atoms with Crippen LogP contribution in [0.2, 0.25) is 0 Å². The van der Waals surface area contributed by atoms with Crippen LogP contribution in [0.25, 0.3) is 11.2 Å². The van der Waals surface area contributed by atoms with Crippen molar-refractivity contribution in [2.24, 2.45) is 16.2 Å². The number of carbonyl (C=O) groups excluding carboxylic acids is 3. The van der Waals surface area contributed by atoms with Gasteiger partial charge in [-0.2, -0.15) is 0 Å². The van der Waals surface area contributed by atoms with Crippen molar-refractivity contribution in [1.82, 2.24) is 30.2 Å². The van der Waals surface area contributed by atoms with E-state index in [1.165, 1.54) is 25.0 Å². The van der Waals surface area contributed by atoms with Crippen LogP contribution < -0.4 is 35.9 Å². The van der Waals surface area contributed by atoms with E-state index >= 15 is 0 Å². The Bertz CT molecular complexity index is 2560. The number of nitrogens with two attached hydrogens (primary N) is 1. The number of carboxylic acids is 1. The molecule has 422 valence electrons. The number of anilines is 1. The van der Waals surface area contributed by atoms with E-state index in [1.54, 1.807) is 13.8 Å². The fourth-order valence-electron chi connectivity index (χ4n) is 8.16. The summed E-state index contributed by atoms with van der Waals surface area (Å²) in [5.41, 5.74) is 5.40. The molecule has 0 aliphatic carbocycles. The van der Waals surface area contributed by atoms with Crippen molar-refractivity contribution in [1.29, 1.82) is 0 Å². The number of rotatable bonds is 34. The molecule has 3 aromatic rings. The highest BCUT2D eigenvalue weighted by molar-refractivity contribution is 7.59. The zero-order valence-corrected chi connectivity index (χ0v) is 45.6. The fourth-order valence-corrected chi connectivity index (χ4v) is 10.9. The topological polar surface area (TPSA) is 412 Å². The van der Waals surface area contributed by atoms with Gasteiger partial charge in [0.05, 0.1) is 32.8 Å². The third kappa shape index (κ3) is 20.0. The number of nitrogens with one attached hydrogen (secondary N) is 2. The number of ether oxygens (including phenoxy) is 1. The molecule has 4 rings (SSSR count). The summed E-state index contributed by atoms with van der Waals surface area (Å²) in [6, 6.07) is 8.42. The van der Waals surface area contributed by atoms with Crippen molar-refractivity contribution in [2.45, 2.75) is 156 Å². The van der Waals surface area contributed by atoms with Crippen LogP contribution in [0.5, 0.6) is 0 Å². The fraction of sp³-hybridized carbons (Fsp3) is 0.674. The number of Topliss-reactive ketones (excluding diaryl/α,β-unsaturated/α-hetero) is 1. The van der Waals surface area contributed by atoms with Gasteiger partial charge >= 0.3 is 5.97 Å². The molecule has 3 heterocycles. The van der Waals surface area contributed by atoms with Gasteiger partial charge in [0, 0.05) is 36.8 Å². The van der Waals surface area contributed by atoms with Crippen LogP contribution in [0.15, 0.2) is 36.9 Å². The molecular formula is C46H70N7O19P3-4. The van der Waals surface area contributed by atoms with Gasteiger partial charge in [0.25, 0.3) is 15.6 Å². The predicted molar refractivity (Wildman–Crippen MR) is 261 cm³/mol. The number of carboxylic acid groups (broad SMARTS) is 1. The first kappa shape index (κ1) is 63.4. The number of aliphatic hydroxyl groups excluding tert-OH is 2. The molecule has 7 unspecified atom stereocenters. The molecule has 2 amide bonds. The van der Waals surface area contributed by atoms with Crippen molar-refractivity contribution < 1.29 is 90.4 Å². The van der Waals surface area contributed by atoms with Crippen LogP contribution in [0.4, 0.5) is 5.82 Å². The van der Waals surface area contributed by atoms with Gasteiger partial charge in [-0.15, -0.1) is 0 Å². The van der Waals surface area contributed by atoms with Crippen LogP contribution in [0, 0.1) is 16.2 Å². The number of amides is 2. The summed E-state index contributed by atoms with van der Waals surface area (Å²) >= 11 is 0. The van der Waals surface area contributed by atoms with Gasteiger partial charge in [0.15, 0.2) is 17.7 Å². The molecule has 7 N–H and O–H groups in total. The molecule has 0 radical (unpaired) electrons. The average Bonchev–Trinajstić information content (AvgIpc) is 3.88. The number of fused-ring (bicyclic) bond motifs is 1. The molecular weight excluding hydrogens is 1050 g/mol. The number of phosphoric ester groups is 3. The van der Waals surface area contributed by atoms with Crippen molar-refractivity contribution >= 4 is 64.0 Å². The molecule has 1 fully saturated rings. The van der Waals surface area contributed by atoms with E-state index < -0.39 is 101 Å². The lowest BCUT2D eigenvalue weighted by Gasteiger charge is -2.36. The van der Waals surface area contributed by atoms with Crippen LogP contribution in [0.3, 0.4) is 0 Å². The number of hydrogen-bond donors (Lipinski definition) is 6. The Morgan fingerprint density at radius 2 is 1.39 bits per heavy atom. The summed E-state index contributed by atoms with van der Waals surface area (Å²) in [4.78, 5) is 110. The number of aryl methyl sites for hydroxylation is 2. The molecule has 75 heavy (non-hydrogen) atoms. The minimum absolute atomic E-state index is 0.0140. The van der Waals surface area contributed by atoms with Gasteiger partial charge in [0.1, 0.15) is 42.0 Å². The highest BCUT2D eigenvalue weighted by atomic mass is 31.3. The van der Waals surface area contributed by atoms with Crippen LogP contribution in [-0.2, 0) is 68.3 Å². The van der Waals surface area contributed by atoms with Gasteiger partial charge in [-0.05, 0) is 63.5 Å². The zero-order valence-electron chi connectivity index (χ0n) is 43.0. The molecule has 7 atom stereocenters. The molecule has 29 heteroatoms. The van der Waals surface area contributed by atoms with E-state index in [0.717, 1.165) is 75.0 Å². The molecule has 0 saturated carbocycles. The molecule has 1 aliphatic rings. The van der Waals surface area contributed by atoms with Crippen molar-refractivity contribution in [3.63, 3.8) is 0 Å². The number of aliphatic carboxylic acids is 1. The number of benzene rings is 1. The lowest BCUT2D eigenvalue weighted by Crippen LogP contribution is -2.46. The maximum atomic E-state index is 13.1.